The van der Waals surface area contributed by atoms with E-state index < -0.39 is 0 Å². The molecular weight excluding hydrogens is 180 g/mol. The summed E-state index contributed by atoms with van der Waals surface area (Å²) in [5.41, 5.74) is 3.45. The van der Waals surface area contributed by atoms with Gasteiger partial charge in [0.15, 0.2) is 0 Å². The van der Waals surface area contributed by atoms with Crippen LogP contribution < -0.4 is 0 Å². The molecule has 0 nitrogen and oxygen atoms in total. The average Bonchev–Trinajstić information content (AvgIpc) is 2.28. The van der Waals surface area contributed by atoms with Crippen LogP contribution in [0.25, 0.3) is 12.2 Å². The van der Waals surface area contributed by atoms with Crippen molar-refractivity contribution in [2.24, 2.45) is 0 Å². The molecule has 0 N–H and O–H groups in total. The molecule has 73 valence electrons. The van der Waals surface area contributed by atoms with Gasteiger partial charge in [0.25, 0.3) is 0 Å². The van der Waals surface area contributed by atoms with Gasteiger partial charge in [-0.3, -0.25) is 0 Å². The van der Waals surface area contributed by atoms with Crippen LogP contribution in [0.5, 0.6) is 0 Å². The second-order valence-corrected chi connectivity index (χ2v) is 3.49. The van der Waals surface area contributed by atoms with E-state index in [2.05, 4.69) is 43.3 Å². The summed E-state index contributed by atoms with van der Waals surface area (Å²) in [6.07, 6.45) is 4.21. The molecule has 2 aromatic rings. The van der Waals surface area contributed by atoms with Crippen molar-refractivity contribution in [2.45, 2.75) is 0 Å². The summed E-state index contributed by atoms with van der Waals surface area (Å²) in [7, 11) is 0. The molecule has 0 heterocycles. The molecule has 0 saturated heterocycles. The quantitative estimate of drug-likeness (QED) is 0.631. The molecule has 0 amide bonds. The standard InChI is InChI=1S/C15H13/c1-13-6-5-9-15(12-13)11-10-14-7-3-2-4-8-14/h2-12H,1H2/b11-10+. The molecule has 0 fully saturated rings. The van der Waals surface area contributed by atoms with Crippen LogP contribution in [0.2, 0.25) is 0 Å². The molecular formula is C15H13. The van der Waals surface area contributed by atoms with E-state index in [1.165, 1.54) is 11.1 Å². The van der Waals surface area contributed by atoms with E-state index in [1.807, 2.05) is 30.3 Å². The Morgan fingerprint density at radius 3 is 2.13 bits per heavy atom. The minimum atomic E-state index is 1.05. The van der Waals surface area contributed by atoms with Crippen LogP contribution >= 0.6 is 0 Å². The maximum absolute atomic E-state index is 3.90. The van der Waals surface area contributed by atoms with Crippen molar-refractivity contribution < 1.29 is 0 Å². The lowest BCUT2D eigenvalue weighted by atomic mass is 10.1. The number of hydrogen-bond acceptors (Lipinski definition) is 0. The van der Waals surface area contributed by atoms with E-state index in [0.717, 1.165) is 5.56 Å². The van der Waals surface area contributed by atoms with Crippen molar-refractivity contribution in [1.82, 2.24) is 0 Å². The second kappa shape index (κ2) is 4.61. The van der Waals surface area contributed by atoms with Gasteiger partial charge in [-0.25, -0.2) is 0 Å². The molecule has 0 aromatic heterocycles. The predicted molar refractivity (Wildman–Crippen MR) is 66.3 cm³/mol. The topological polar surface area (TPSA) is 0 Å². The van der Waals surface area contributed by atoms with E-state index in [-0.39, 0.29) is 0 Å². The fourth-order valence-electron chi connectivity index (χ4n) is 1.45. The van der Waals surface area contributed by atoms with Crippen LogP contribution in [0.1, 0.15) is 16.7 Å². The first kappa shape index (κ1) is 9.72. The Bertz CT molecular complexity index is 452. The van der Waals surface area contributed by atoms with Gasteiger partial charge in [0, 0.05) is 0 Å². The van der Waals surface area contributed by atoms with Crippen LogP contribution in [0, 0.1) is 6.92 Å². The molecule has 1 radical (unpaired) electrons. The SMILES string of the molecule is [CH2]c1cccc(/C=C/c2ccccc2)c1. The zero-order valence-electron chi connectivity index (χ0n) is 8.56. The van der Waals surface area contributed by atoms with Crippen LogP contribution in [-0.2, 0) is 0 Å². The van der Waals surface area contributed by atoms with Gasteiger partial charge < -0.3 is 0 Å². The Labute approximate surface area is 90.9 Å². The largest absolute Gasteiger partial charge is 0.0622 e. The van der Waals surface area contributed by atoms with E-state index >= 15 is 0 Å². The molecule has 0 aliphatic heterocycles. The highest BCUT2D eigenvalue weighted by Crippen LogP contribution is 2.09. The Kier molecular flexibility index (Phi) is 2.99. The molecule has 15 heavy (non-hydrogen) atoms. The molecule has 0 heteroatoms. The normalized spacial score (nSPS) is 10.7. The van der Waals surface area contributed by atoms with E-state index in [1.54, 1.807) is 0 Å². The maximum Gasteiger partial charge on any atom is -0.0238 e. The molecule has 0 aliphatic carbocycles. The summed E-state index contributed by atoms with van der Waals surface area (Å²) in [6, 6.07) is 18.4. The van der Waals surface area contributed by atoms with E-state index in [4.69, 9.17) is 0 Å². The van der Waals surface area contributed by atoms with Gasteiger partial charge in [0.2, 0.25) is 0 Å². The minimum absolute atomic E-state index is 1.05. The monoisotopic (exact) mass is 193 g/mol. The van der Waals surface area contributed by atoms with Gasteiger partial charge in [-0.1, -0.05) is 66.7 Å². The third-order valence-corrected chi connectivity index (χ3v) is 2.22. The van der Waals surface area contributed by atoms with Gasteiger partial charge in [0.05, 0.1) is 0 Å². The Morgan fingerprint density at radius 1 is 0.733 bits per heavy atom. The van der Waals surface area contributed by atoms with E-state index in [0.29, 0.717) is 0 Å². The molecule has 0 saturated carbocycles. The number of rotatable bonds is 2. The minimum Gasteiger partial charge on any atom is -0.0622 e. The first-order chi connectivity index (χ1) is 7.34. The fourth-order valence-corrected chi connectivity index (χ4v) is 1.45. The highest BCUT2D eigenvalue weighted by atomic mass is 13.9. The highest BCUT2D eigenvalue weighted by Gasteiger charge is 1.87. The Balaban J connectivity index is 2.19. The highest BCUT2D eigenvalue weighted by molar-refractivity contribution is 5.69. The zero-order chi connectivity index (χ0) is 10.5. The average molecular weight is 193 g/mol. The lowest BCUT2D eigenvalue weighted by molar-refractivity contribution is 1.58. The summed E-state index contributed by atoms with van der Waals surface area (Å²) in [6.45, 7) is 3.90. The van der Waals surface area contributed by atoms with Crippen molar-refractivity contribution in [3.63, 3.8) is 0 Å². The molecule has 0 atom stereocenters. The van der Waals surface area contributed by atoms with Crippen LogP contribution in [-0.4, -0.2) is 0 Å². The van der Waals surface area contributed by atoms with Gasteiger partial charge in [-0.15, -0.1) is 0 Å². The number of hydrogen-bond donors (Lipinski definition) is 0. The van der Waals surface area contributed by atoms with Crippen LogP contribution in [0.3, 0.4) is 0 Å². The van der Waals surface area contributed by atoms with Crippen molar-refractivity contribution in [3.05, 3.63) is 78.2 Å². The van der Waals surface area contributed by atoms with Crippen LogP contribution in [0.15, 0.2) is 54.6 Å². The smallest absolute Gasteiger partial charge is 0.0238 e. The summed E-state index contributed by atoms with van der Waals surface area (Å²) < 4.78 is 0. The first-order valence-corrected chi connectivity index (χ1v) is 5.00. The first-order valence-electron chi connectivity index (χ1n) is 5.00. The van der Waals surface area contributed by atoms with Crippen molar-refractivity contribution >= 4 is 12.2 Å². The molecule has 0 spiro atoms. The van der Waals surface area contributed by atoms with Gasteiger partial charge in [0.1, 0.15) is 0 Å². The molecule has 0 aliphatic rings. The molecule has 2 rings (SSSR count). The third kappa shape index (κ3) is 2.81. The second-order valence-electron chi connectivity index (χ2n) is 3.49. The van der Waals surface area contributed by atoms with E-state index in [9.17, 15) is 0 Å². The molecule has 2 aromatic carbocycles. The van der Waals surface area contributed by atoms with Crippen molar-refractivity contribution in [2.75, 3.05) is 0 Å². The predicted octanol–water partition coefficient (Wildman–Crippen LogP) is 4.04. The van der Waals surface area contributed by atoms with Gasteiger partial charge >= 0.3 is 0 Å². The zero-order valence-corrected chi connectivity index (χ0v) is 8.56. The van der Waals surface area contributed by atoms with Gasteiger partial charge in [-0.05, 0) is 23.6 Å². The Morgan fingerprint density at radius 2 is 1.40 bits per heavy atom. The summed E-state index contributed by atoms with van der Waals surface area (Å²) >= 11 is 0. The molecule has 0 unspecified atom stereocenters. The van der Waals surface area contributed by atoms with Crippen molar-refractivity contribution in [3.8, 4) is 0 Å². The third-order valence-electron chi connectivity index (χ3n) is 2.22. The lowest BCUT2D eigenvalue weighted by Gasteiger charge is -1.95. The Hall–Kier alpha value is -1.82. The molecule has 0 bridgehead atoms. The van der Waals surface area contributed by atoms with Crippen molar-refractivity contribution in [1.29, 1.82) is 0 Å². The lowest BCUT2D eigenvalue weighted by Crippen LogP contribution is -1.74. The van der Waals surface area contributed by atoms with Gasteiger partial charge in [-0.2, -0.15) is 0 Å². The number of benzene rings is 2. The fraction of sp³-hybridized carbons (Fsp3) is 0. The van der Waals surface area contributed by atoms with Crippen LogP contribution in [0.4, 0.5) is 0 Å². The summed E-state index contributed by atoms with van der Waals surface area (Å²) in [5, 5.41) is 0. The summed E-state index contributed by atoms with van der Waals surface area (Å²) in [5.74, 6) is 0. The summed E-state index contributed by atoms with van der Waals surface area (Å²) in [4.78, 5) is 0. The maximum atomic E-state index is 3.90.